The van der Waals surface area contributed by atoms with Gasteiger partial charge in [0.05, 0.1) is 35.7 Å². The van der Waals surface area contributed by atoms with E-state index in [0.29, 0.717) is 36.5 Å². The van der Waals surface area contributed by atoms with E-state index in [9.17, 15) is 9.59 Å². The van der Waals surface area contributed by atoms with Crippen molar-refractivity contribution in [3.05, 3.63) is 34.3 Å². The smallest absolute Gasteiger partial charge is 0.254 e. The Morgan fingerprint density at radius 3 is 2.28 bits per heavy atom. The summed E-state index contributed by atoms with van der Waals surface area (Å²) >= 11 is 3.51. The summed E-state index contributed by atoms with van der Waals surface area (Å²) in [6.45, 7) is 4.83. The molecule has 1 heterocycles. The third-order valence-electron chi connectivity index (χ3n) is 6.58. The van der Waals surface area contributed by atoms with Crippen molar-refractivity contribution in [1.82, 2.24) is 5.01 Å². The Hall–Kier alpha value is -2.15. The number of allylic oxidation sites excluding steroid dienone is 2. The maximum Gasteiger partial charge on any atom is 0.254 e. The van der Waals surface area contributed by atoms with Crippen molar-refractivity contribution in [2.75, 3.05) is 13.2 Å². The SMILES string of the molecule is CCOc1cc(/C=N\N2C(=O)[C@@H]3[C@H]4C=C[C@@H]([C@@H]5C[C@@H]45)[C@@H]3C2=O)cc(Br)c1OCC. The van der Waals surface area contributed by atoms with Crippen LogP contribution in [0.15, 0.2) is 33.9 Å². The standard InChI is InChI=1S/C22H23BrN2O4/c1-3-28-17-8-11(7-16(23)20(17)29-4-2)10-24-25-21(26)18-12-5-6-13(15-9-14(12)15)19(18)22(25)27/h5-8,10,12-15,18-19H,3-4,9H2,1-2H3/b24-10-/t12-,13-,14-,15-,18-,19+/m0/s1. The van der Waals surface area contributed by atoms with E-state index in [1.165, 1.54) is 0 Å². The monoisotopic (exact) mass is 458 g/mol. The summed E-state index contributed by atoms with van der Waals surface area (Å²) in [5, 5.41) is 5.39. The Kier molecular flexibility index (Phi) is 4.53. The van der Waals surface area contributed by atoms with Crippen LogP contribution in [-0.2, 0) is 9.59 Å². The lowest BCUT2D eigenvalue weighted by molar-refractivity contribution is -0.140. The van der Waals surface area contributed by atoms with Crippen LogP contribution in [0.1, 0.15) is 25.8 Å². The van der Waals surface area contributed by atoms with Crippen molar-refractivity contribution in [2.24, 2.45) is 40.6 Å². The van der Waals surface area contributed by atoms with E-state index < -0.39 is 0 Å². The number of ether oxygens (including phenoxy) is 2. The molecular weight excluding hydrogens is 436 g/mol. The number of hydrogen-bond donors (Lipinski definition) is 0. The first-order valence-corrected chi connectivity index (χ1v) is 11.0. The average molecular weight is 459 g/mol. The van der Waals surface area contributed by atoms with E-state index in [2.05, 4.69) is 33.2 Å². The van der Waals surface area contributed by atoms with Gasteiger partial charge in [-0.15, -0.1) is 0 Å². The minimum absolute atomic E-state index is 0.156. The number of carbonyl (C=O) groups is 2. The summed E-state index contributed by atoms with van der Waals surface area (Å²) in [5.41, 5.74) is 0.725. The third-order valence-corrected chi connectivity index (χ3v) is 7.17. The number of carbonyl (C=O) groups excluding carboxylic acids is 2. The molecule has 152 valence electrons. The summed E-state index contributed by atoms with van der Waals surface area (Å²) in [5.74, 6) is 2.03. The molecule has 6 rings (SSSR count). The number of amides is 2. The predicted molar refractivity (Wildman–Crippen MR) is 111 cm³/mol. The molecule has 1 saturated heterocycles. The average Bonchev–Trinajstić information content (AvgIpc) is 3.48. The first-order chi connectivity index (χ1) is 14.0. The topological polar surface area (TPSA) is 68.2 Å². The van der Waals surface area contributed by atoms with Crippen molar-refractivity contribution < 1.29 is 19.1 Å². The third kappa shape index (κ3) is 2.85. The molecule has 29 heavy (non-hydrogen) atoms. The fourth-order valence-corrected chi connectivity index (χ4v) is 5.96. The number of benzene rings is 1. The fourth-order valence-electron chi connectivity index (χ4n) is 5.39. The van der Waals surface area contributed by atoms with Crippen LogP contribution >= 0.6 is 15.9 Å². The molecule has 5 aliphatic rings. The number of nitrogens with zero attached hydrogens (tertiary/aromatic N) is 2. The van der Waals surface area contributed by atoms with Gasteiger partial charge in [0, 0.05) is 0 Å². The zero-order valence-electron chi connectivity index (χ0n) is 16.4. The van der Waals surface area contributed by atoms with E-state index in [1.807, 2.05) is 19.9 Å². The molecule has 7 heteroatoms. The van der Waals surface area contributed by atoms with Gasteiger partial charge in [0.1, 0.15) is 0 Å². The second-order valence-corrected chi connectivity index (χ2v) is 8.94. The van der Waals surface area contributed by atoms with Gasteiger partial charge >= 0.3 is 0 Å². The molecule has 0 radical (unpaired) electrons. The molecule has 1 aromatic rings. The molecule has 2 saturated carbocycles. The lowest BCUT2D eigenvalue weighted by Gasteiger charge is -2.37. The molecule has 1 aromatic carbocycles. The number of rotatable bonds is 6. The normalized spacial score (nSPS) is 34.0. The second kappa shape index (κ2) is 6.97. The van der Waals surface area contributed by atoms with Crippen molar-refractivity contribution >= 4 is 34.0 Å². The summed E-state index contributed by atoms with van der Waals surface area (Å²) < 4.78 is 12.1. The minimum Gasteiger partial charge on any atom is -0.490 e. The second-order valence-electron chi connectivity index (χ2n) is 8.08. The van der Waals surface area contributed by atoms with Crippen LogP contribution in [0.25, 0.3) is 0 Å². The molecule has 0 N–H and O–H groups in total. The van der Waals surface area contributed by atoms with E-state index >= 15 is 0 Å². The van der Waals surface area contributed by atoms with Crippen LogP contribution in [0.4, 0.5) is 0 Å². The molecule has 3 fully saturated rings. The van der Waals surface area contributed by atoms with Crippen LogP contribution in [0.5, 0.6) is 11.5 Å². The van der Waals surface area contributed by atoms with Gasteiger partial charge in [0.25, 0.3) is 11.8 Å². The van der Waals surface area contributed by atoms with Gasteiger partial charge < -0.3 is 9.47 Å². The van der Waals surface area contributed by atoms with Crippen LogP contribution < -0.4 is 9.47 Å². The maximum absolute atomic E-state index is 13.0. The van der Waals surface area contributed by atoms with Crippen LogP contribution in [0.2, 0.25) is 0 Å². The Balaban J connectivity index is 1.41. The highest BCUT2D eigenvalue weighted by atomic mass is 79.9. The summed E-state index contributed by atoms with van der Waals surface area (Å²) in [6, 6.07) is 3.65. The maximum atomic E-state index is 13.0. The van der Waals surface area contributed by atoms with Gasteiger partial charge in [0.15, 0.2) is 11.5 Å². The molecule has 6 atom stereocenters. The first kappa shape index (κ1) is 18.9. The largest absolute Gasteiger partial charge is 0.490 e. The Bertz CT molecular complexity index is 907. The molecule has 0 unspecified atom stereocenters. The van der Waals surface area contributed by atoms with Crippen molar-refractivity contribution in [3.8, 4) is 11.5 Å². The summed E-state index contributed by atoms with van der Waals surface area (Å²) in [7, 11) is 0. The van der Waals surface area contributed by atoms with E-state index in [1.54, 1.807) is 12.3 Å². The fraction of sp³-hybridized carbons (Fsp3) is 0.500. The Morgan fingerprint density at radius 2 is 1.69 bits per heavy atom. The molecule has 0 spiro atoms. The van der Waals surface area contributed by atoms with Crippen LogP contribution in [0, 0.1) is 35.5 Å². The highest BCUT2D eigenvalue weighted by Gasteiger charge is 2.67. The molecule has 4 aliphatic carbocycles. The zero-order chi connectivity index (χ0) is 20.3. The van der Waals surface area contributed by atoms with Gasteiger partial charge in [-0.2, -0.15) is 10.1 Å². The number of hydrogen-bond acceptors (Lipinski definition) is 5. The number of imide groups is 1. The minimum atomic E-state index is -0.232. The molecule has 2 bridgehead atoms. The van der Waals surface area contributed by atoms with E-state index in [4.69, 9.17) is 9.47 Å². The Labute approximate surface area is 178 Å². The van der Waals surface area contributed by atoms with Crippen molar-refractivity contribution in [1.29, 1.82) is 0 Å². The molecule has 2 amide bonds. The van der Waals surface area contributed by atoms with E-state index in [-0.39, 0.29) is 35.5 Å². The predicted octanol–water partition coefficient (Wildman–Crippen LogP) is 3.63. The van der Waals surface area contributed by atoms with Crippen LogP contribution in [-0.4, -0.2) is 36.3 Å². The van der Waals surface area contributed by atoms with Crippen molar-refractivity contribution in [3.63, 3.8) is 0 Å². The summed E-state index contributed by atoms with van der Waals surface area (Å²) in [6.07, 6.45) is 7.03. The number of halogens is 1. The molecular formula is C22H23BrN2O4. The molecule has 1 aliphatic heterocycles. The highest BCUT2D eigenvalue weighted by molar-refractivity contribution is 9.10. The van der Waals surface area contributed by atoms with Gasteiger partial charge in [0.2, 0.25) is 0 Å². The van der Waals surface area contributed by atoms with Gasteiger partial charge in [-0.25, -0.2) is 0 Å². The summed E-state index contributed by atoms with van der Waals surface area (Å²) in [4.78, 5) is 26.0. The lowest BCUT2D eigenvalue weighted by Crippen LogP contribution is -2.40. The van der Waals surface area contributed by atoms with Crippen LogP contribution in [0.3, 0.4) is 0 Å². The zero-order valence-corrected chi connectivity index (χ0v) is 18.0. The molecule has 6 nitrogen and oxygen atoms in total. The quantitative estimate of drug-likeness (QED) is 0.370. The van der Waals surface area contributed by atoms with E-state index in [0.717, 1.165) is 21.5 Å². The Morgan fingerprint density at radius 1 is 1.07 bits per heavy atom. The highest BCUT2D eigenvalue weighted by Crippen LogP contribution is 2.65. The van der Waals surface area contributed by atoms with Crippen molar-refractivity contribution in [2.45, 2.75) is 20.3 Å². The van der Waals surface area contributed by atoms with Gasteiger partial charge in [-0.1, -0.05) is 12.2 Å². The first-order valence-electron chi connectivity index (χ1n) is 10.2. The molecule has 0 aromatic heterocycles. The van der Waals surface area contributed by atoms with Gasteiger partial charge in [-0.3, -0.25) is 9.59 Å². The number of hydrazone groups is 1. The van der Waals surface area contributed by atoms with Gasteiger partial charge in [-0.05, 0) is 77.6 Å². The lowest BCUT2D eigenvalue weighted by atomic mass is 9.63.